The van der Waals surface area contributed by atoms with Crippen molar-refractivity contribution < 1.29 is 27.8 Å². The van der Waals surface area contributed by atoms with Gasteiger partial charge in [0.2, 0.25) is 5.91 Å². The van der Waals surface area contributed by atoms with Gasteiger partial charge in [0.1, 0.15) is 6.61 Å². The van der Waals surface area contributed by atoms with Crippen LogP contribution in [0.1, 0.15) is 11.1 Å². The Labute approximate surface area is 157 Å². The molecule has 0 aliphatic carbocycles. The summed E-state index contributed by atoms with van der Waals surface area (Å²) < 4.78 is 43.9. The fourth-order valence-electron chi connectivity index (χ4n) is 2.78. The van der Waals surface area contributed by atoms with Gasteiger partial charge >= 0.3 is 6.18 Å². The number of carbonyl (C=O) groups is 1. The Morgan fingerprint density at radius 3 is 2.74 bits per heavy atom. The molecule has 0 radical (unpaired) electrons. The van der Waals surface area contributed by atoms with Crippen molar-refractivity contribution in [3.8, 4) is 22.8 Å². The third-order valence-electron chi connectivity index (χ3n) is 4.08. The number of hydrogen-bond donors (Lipinski definition) is 2. The summed E-state index contributed by atoms with van der Waals surface area (Å²) in [4.78, 5) is 17.2. The number of phenolic OH excluding ortho intramolecular Hbond substituents is 1. The molecule has 1 aliphatic heterocycles. The van der Waals surface area contributed by atoms with Crippen LogP contribution in [0.25, 0.3) is 11.3 Å². The zero-order chi connectivity index (χ0) is 19.8. The van der Waals surface area contributed by atoms with Crippen molar-refractivity contribution in [3.63, 3.8) is 0 Å². The predicted molar refractivity (Wildman–Crippen MR) is 91.3 cm³/mol. The van der Waals surface area contributed by atoms with Crippen LogP contribution in [0.5, 0.6) is 11.5 Å². The number of pyridine rings is 1. The standard InChI is InChI=1S/C17H15ClF3N3O3/c18-12-5-11(17(19,20)21)7-23-15(12)9-3-10-8-24(14(26)6-22)1-2-27-16(10)13(25)4-9/h3-5,7,25H,1-2,6,8,22H2. The molecule has 0 atom stereocenters. The zero-order valence-corrected chi connectivity index (χ0v) is 14.6. The lowest BCUT2D eigenvalue weighted by Gasteiger charge is -2.19. The molecule has 6 nitrogen and oxygen atoms in total. The molecule has 1 amide bonds. The molecule has 1 aliphatic rings. The number of amides is 1. The number of phenols is 1. The van der Waals surface area contributed by atoms with Gasteiger partial charge in [0.05, 0.1) is 29.4 Å². The van der Waals surface area contributed by atoms with Gasteiger partial charge in [0.15, 0.2) is 11.5 Å². The Morgan fingerprint density at radius 2 is 2.11 bits per heavy atom. The Hall–Kier alpha value is -2.52. The maximum Gasteiger partial charge on any atom is 0.417 e. The SMILES string of the molecule is NCC(=O)N1CCOc2c(O)cc(-c3ncc(C(F)(F)F)cc3Cl)cc2C1. The highest BCUT2D eigenvalue weighted by Gasteiger charge is 2.32. The third-order valence-corrected chi connectivity index (χ3v) is 4.37. The molecule has 1 aromatic heterocycles. The zero-order valence-electron chi connectivity index (χ0n) is 13.9. The lowest BCUT2D eigenvalue weighted by atomic mass is 10.0. The first-order valence-corrected chi connectivity index (χ1v) is 8.28. The molecule has 1 aromatic carbocycles. The normalized spacial score (nSPS) is 14.3. The largest absolute Gasteiger partial charge is 0.504 e. The van der Waals surface area contributed by atoms with E-state index in [1.165, 1.54) is 11.0 Å². The van der Waals surface area contributed by atoms with Crippen LogP contribution in [0, 0.1) is 0 Å². The van der Waals surface area contributed by atoms with Gasteiger partial charge in [-0.1, -0.05) is 11.6 Å². The van der Waals surface area contributed by atoms with Gasteiger partial charge in [0, 0.05) is 23.9 Å². The van der Waals surface area contributed by atoms with E-state index in [1.807, 2.05) is 0 Å². The Bertz CT molecular complexity index is 890. The topological polar surface area (TPSA) is 88.7 Å². The van der Waals surface area contributed by atoms with Crippen molar-refractivity contribution in [2.24, 2.45) is 5.73 Å². The Morgan fingerprint density at radius 1 is 1.37 bits per heavy atom. The van der Waals surface area contributed by atoms with Crippen molar-refractivity contribution >= 4 is 17.5 Å². The molecule has 0 saturated heterocycles. The summed E-state index contributed by atoms with van der Waals surface area (Å²) in [5, 5.41) is 10.1. The monoisotopic (exact) mass is 401 g/mol. The van der Waals surface area contributed by atoms with Crippen LogP contribution >= 0.6 is 11.6 Å². The van der Waals surface area contributed by atoms with E-state index in [2.05, 4.69) is 4.98 Å². The summed E-state index contributed by atoms with van der Waals surface area (Å²) >= 11 is 5.98. The van der Waals surface area contributed by atoms with E-state index in [-0.39, 0.29) is 47.8 Å². The molecule has 2 heterocycles. The second-order valence-corrected chi connectivity index (χ2v) is 6.31. The lowest BCUT2D eigenvalue weighted by molar-refractivity contribution is -0.137. The van der Waals surface area contributed by atoms with Crippen LogP contribution in [0.3, 0.4) is 0 Å². The number of aromatic hydroxyl groups is 1. The fourth-order valence-corrected chi connectivity index (χ4v) is 3.06. The number of hydrogen-bond acceptors (Lipinski definition) is 5. The number of aromatic nitrogens is 1. The van der Waals surface area contributed by atoms with Crippen LogP contribution in [-0.2, 0) is 17.5 Å². The average molecular weight is 402 g/mol. The first-order valence-electron chi connectivity index (χ1n) is 7.90. The molecule has 27 heavy (non-hydrogen) atoms. The molecule has 0 bridgehead atoms. The number of halogens is 4. The second kappa shape index (κ2) is 7.24. The Kier molecular flexibility index (Phi) is 5.16. The van der Waals surface area contributed by atoms with E-state index in [4.69, 9.17) is 22.1 Å². The van der Waals surface area contributed by atoms with Crippen molar-refractivity contribution in [2.45, 2.75) is 12.7 Å². The highest BCUT2D eigenvalue weighted by Crippen LogP contribution is 2.40. The van der Waals surface area contributed by atoms with Crippen LogP contribution in [0.15, 0.2) is 24.4 Å². The van der Waals surface area contributed by atoms with Crippen molar-refractivity contribution in [1.82, 2.24) is 9.88 Å². The molecular weight excluding hydrogens is 387 g/mol. The molecule has 3 rings (SSSR count). The highest BCUT2D eigenvalue weighted by molar-refractivity contribution is 6.33. The minimum Gasteiger partial charge on any atom is -0.504 e. The number of ether oxygens (including phenoxy) is 1. The quantitative estimate of drug-likeness (QED) is 0.807. The van der Waals surface area contributed by atoms with Crippen LogP contribution < -0.4 is 10.5 Å². The van der Waals surface area contributed by atoms with Gasteiger partial charge < -0.3 is 20.5 Å². The number of rotatable bonds is 2. The smallest absolute Gasteiger partial charge is 0.417 e. The first kappa shape index (κ1) is 19.2. The van der Waals surface area contributed by atoms with Gasteiger partial charge in [-0.25, -0.2) is 0 Å². The maximum atomic E-state index is 12.8. The molecule has 3 N–H and O–H groups in total. The number of benzene rings is 1. The summed E-state index contributed by atoms with van der Waals surface area (Å²) in [6, 6.07) is 3.65. The number of nitrogens with zero attached hydrogens (tertiary/aromatic N) is 2. The summed E-state index contributed by atoms with van der Waals surface area (Å²) in [5.41, 5.74) is 5.27. The fraction of sp³-hybridized carbons (Fsp3) is 0.294. The molecule has 10 heteroatoms. The van der Waals surface area contributed by atoms with Crippen molar-refractivity contribution in [3.05, 3.63) is 40.5 Å². The minimum atomic E-state index is -4.57. The molecule has 144 valence electrons. The second-order valence-electron chi connectivity index (χ2n) is 5.90. The number of fused-ring (bicyclic) bond motifs is 1. The van der Waals surface area contributed by atoms with Crippen LogP contribution in [-0.4, -0.2) is 40.6 Å². The number of alkyl halides is 3. The van der Waals surface area contributed by atoms with Gasteiger partial charge in [-0.05, 0) is 18.2 Å². The summed E-state index contributed by atoms with van der Waals surface area (Å²) in [6.45, 7) is 0.419. The molecule has 2 aromatic rings. The molecule has 0 spiro atoms. The van der Waals surface area contributed by atoms with Crippen LogP contribution in [0.4, 0.5) is 13.2 Å². The number of carbonyl (C=O) groups excluding carboxylic acids is 1. The first-order chi connectivity index (χ1) is 12.7. The predicted octanol–water partition coefficient (Wildman–Crippen LogP) is 2.81. The van der Waals surface area contributed by atoms with Gasteiger partial charge in [-0.2, -0.15) is 13.2 Å². The maximum absolute atomic E-state index is 12.8. The summed E-state index contributed by atoms with van der Waals surface area (Å²) in [5.74, 6) is -0.307. The highest BCUT2D eigenvalue weighted by atomic mass is 35.5. The number of nitrogens with two attached hydrogens (primary N) is 1. The van der Waals surface area contributed by atoms with Gasteiger partial charge in [-0.3, -0.25) is 9.78 Å². The summed E-state index contributed by atoms with van der Waals surface area (Å²) in [7, 11) is 0. The lowest BCUT2D eigenvalue weighted by Crippen LogP contribution is -2.36. The Balaban J connectivity index is 2.03. The van der Waals surface area contributed by atoms with E-state index in [9.17, 15) is 23.1 Å². The van der Waals surface area contributed by atoms with Crippen molar-refractivity contribution in [1.29, 1.82) is 0 Å². The average Bonchev–Trinajstić information content (AvgIpc) is 2.83. The van der Waals surface area contributed by atoms with E-state index in [1.54, 1.807) is 6.07 Å². The molecule has 0 unspecified atom stereocenters. The van der Waals surface area contributed by atoms with Crippen LogP contribution in [0.2, 0.25) is 5.02 Å². The van der Waals surface area contributed by atoms with E-state index < -0.39 is 11.7 Å². The van der Waals surface area contributed by atoms with Crippen molar-refractivity contribution in [2.75, 3.05) is 19.7 Å². The van der Waals surface area contributed by atoms with E-state index >= 15 is 0 Å². The molecular formula is C17H15ClF3N3O3. The molecule has 0 saturated carbocycles. The van der Waals surface area contributed by atoms with Gasteiger partial charge in [0.25, 0.3) is 0 Å². The molecule has 0 fully saturated rings. The minimum absolute atomic E-state index is 0.0729. The van der Waals surface area contributed by atoms with E-state index in [0.717, 1.165) is 6.07 Å². The summed E-state index contributed by atoms with van der Waals surface area (Å²) in [6.07, 6.45) is -3.90. The van der Waals surface area contributed by atoms with Gasteiger partial charge in [-0.15, -0.1) is 0 Å². The van der Waals surface area contributed by atoms with E-state index in [0.29, 0.717) is 23.9 Å². The third kappa shape index (κ3) is 3.93.